The van der Waals surface area contributed by atoms with E-state index in [0.717, 1.165) is 39.1 Å². The van der Waals surface area contributed by atoms with Crippen LogP contribution in [0.3, 0.4) is 0 Å². The molecule has 1 aromatic carbocycles. The predicted octanol–water partition coefficient (Wildman–Crippen LogP) is 2.47. The molecule has 0 saturated carbocycles. The number of ether oxygens (including phenoxy) is 1. The van der Waals surface area contributed by atoms with Crippen LogP contribution in [0.2, 0.25) is 0 Å². The second-order valence-corrected chi connectivity index (χ2v) is 6.59. The van der Waals surface area contributed by atoms with Crippen LogP contribution in [0, 0.1) is 11.3 Å². The molecule has 1 fully saturated rings. The van der Waals surface area contributed by atoms with E-state index in [4.69, 9.17) is 4.74 Å². The first kappa shape index (κ1) is 13.9. The van der Waals surface area contributed by atoms with Crippen molar-refractivity contribution in [1.29, 1.82) is 0 Å². The highest BCUT2D eigenvalue weighted by Gasteiger charge is 2.35. The fourth-order valence-electron chi connectivity index (χ4n) is 3.63. The maximum Gasteiger partial charge on any atom is 0.0506 e. The third-order valence-electron chi connectivity index (χ3n) is 4.85. The Balaban J connectivity index is 1.83. The zero-order valence-electron chi connectivity index (χ0n) is 12.3. The molecule has 3 heteroatoms. The van der Waals surface area contributed by atoms with E-state index in [1.807, 2.05) is 0 Å². The van der Waals surface area contributed by atoms with Crippen molar-refractivity contribution in [3.8, 4) is 0 Å². The fraction of sp³-hybridized carbons (Fsp3) is 0.647. The number of para-hydroxylation sites is 1. The summed E-state index contributed by atoms with van der Waals surface area (Å²) in [6.45, 7) is 6.20. The van der Waals surface area contributed by atoms with Crippen molar-refractivity contribution >= 4 is 5.69 Å². The topological polar surface area (TPSA) is 32.7 Å². The van der Waals surface area contributed by atoms with Crippen molar-refractivity contribution in [2.45, 2.75) is 26.2 Å². The van der Waals surface area contributed by atoms with Crippen LogP contribution < -0.4 is 4.90 Å². The molecule has 110 valence electrons. The van der Waals surface area contributed by atoms with Gasteiger partial charge in [-0.2, -0.15) is 0 Å². The first-order chi connectivity index (χ1) is 9.72. The summed E-state index contributed by atoms with van der Waals surface area (Å²) in [6, 6.07) is 8.72. The van der Waals surface area contributed by atoms with Crippen LogP contribution in [0.1, 0.15) is 25.3 Å². The normalized spacial score (nSPS) is 25.3. The van der Waals surface area contributed by atoms with Gasteiger partial charge in [-0.3, -0.25) is 0 Å². The summed E-state index contributed by atoms with van der Waals surface area (Å²) in [5.41, 5.74) is 2.83. The van der Waals surface area contributed by atoms with E-state index < -0.39 is 0 Å². The van der Waals surface area contributed by atoms with Crippen LogP contribution in [0.5, 0.6) is 0 Å². The van der Waals surface area contributed by atoms with E-state index in [9.17, 15) is 5.11 Å². The molecule has 20 heavy (non-hydrogen) atoms. The lowest BCUT2D eigenvalue weighted by molar-refractivity contribution is -0.0121. The quantitative estimate of drug-likeness (QED) is 0.920. The van der Waals surface area contributed by atoms with Crippen LogP contribution in [0.15, 0.2) is 24.3 Å². The van der Waals surface area contributed by atoms with Crippen molar-refractivity contribution < 1.29 is 9.84 Å². The fourth-order valence-corrected chi connectivity index (χ4v) is 3.63. The van der Waals surface area contributed by atoms with Gasteiger partial charge in [0.2, 0.25) is 0 Å². The molecular weight excluding hydrogens is 250 g/mol. The summed E-state index contributed by atoms with van der Waals surface area (Å²) in [5.74, 6) is 0.681. The van der Waals surface area contributed by atoms with E-state index in [2.05, 4.69) is 36.1 Å². The van der Waals surface area contributed by atoms with Gasteiger partial charge in [0.25, 0.3) is 0 Å². The second-order valence-electron chi connectivity index (χ2n) is 6.59. The Bertz CT molecular complexity index is 454. The second kappa shape index (κ2) is 5.74. The largest absolute Gasteiger partial charge is 0.396 e. The standard InChI is InChI=1S/C17H25NO2/c1-14-10-15-4-2-3-5-16(15)18(11-14)12-17(13-19)6-8-20-9-7-17/h2-5,14,19H,6-13H2,1H3. The van der Waals surface area contributed by atoms with Gasteiger partial charge in [0.15, 0.2) is 0 Å². The molecule has 3 nitrogen and oxygen atoms in total. The first-order valence-electron chi connectivity index (χ1n) is 7.74. The molecule has 1 aromatic rings. The molecule has 0 aliphatic carbocycles. The molecular formula is C17H25NO2. The van der Waals surface area contributed by atoms with Gasteiger partial charge < -0.3 is 14.7 Å². The Morgan fingerprint density at radius 1 is 1.30 bits per heavy atom. The van der Waals surface area contributed by atoms with Crippen molar-refractivity contribution in [1.82, 2.24) is 0 Å². The molecule has 3 rings (SSSR count). The van der Waals surface area contributed by atoms with Gasteiger partial charge in [0.05, 0.1) is 6.61 Å². The highest BCUT2D eigenvalue weighted by atomic mass is 16.5. The Hall–Kier alpha value is -1.06. The van der Waals surface area contributed by atoms with Crippen LogP contribution in [-0.4, -0.2) is 38.0 Å². The van der Waals surface area contributed by atoms with Crippen LogP contribution in [-0.2, 0) is 11.2 Å². The van der Waals surface area contributed by atoms with Crippen molar-refractivity contribution in [2.75, 3.05) is 37.8 Å². The van der Waals surface area contributed by atoms with Gasteiger partial charge in [-0.25, -0.2) is 0 Å². The lowest BCUT2D eigenvalue weighted by atomic mass is 9.79. The molecule has 2 aliphatic heterocycles. The third-order valence-corrected chi connectivity index (χ3v) is 4.85. The van der Waals surface area contributed by atoms with Gasteiger partial charge in [-0.1, -0.05) is 25.1 Å². The number of benzene rings is 1. The molecule has 1 N–H and O–H groups in total. The number of hydrogen-bond donors (Lipinski definition) is 1. The van der Waals surface area contributed by atoms with Gasteiger partial charge >= 0.3 is 0 Å². The van der Waals surface area contributed by atoms with Gasteiger partial charge in [0.1, 0.15) is 0 Å². The Labute approximate surface area is 121 Å². The van der Waals surface area contributed by atoms with E-state index in [-0.39, 0.29) is 12.0 Å². The summed E-state index contributed by atoms with van der Waals surface area (Å²) < 4.78 is 5.48. The average Bonchev–Trinajstić information content (AvgIpc) is 2.48. The molecule has 2 aliphatic rings. The molecule has 0 spiro atoms. The Morgan fingerprint density at radius 3 is 2.80 bits per heavy atom. The average molecular weight is 275 g/mol. The molecule has 0 radical (unpaired) electrons. The minimum Gasteiger partial charge on any atom is -0.396 e. The first-order valence-corrected chi connectivity index (χ1v) is 7.74. The molecule has 1 atom stereocenters. The summed E-state index contributed by atoms with van der Waals surface area (Å²) in [6.07, 6.45) is 3.11. The minimum atomic E-state index is 0.0163. The number of aliphatic hydroxyl groups is 1. The highest BCUT2D eigenvalue weighted by Crippen LogP contribution is 2.36. The van der Waals surface area contributed by atoms with Crippen LogP contribution in [0.25, 0.3) is 0 Å². The minimum absolute atomic E-state index is 0.0163. The lowest BCUT2D eigenvalue weighted by Gasteiger charge is -2.43. The van der Waals surface area contributed by atoms with Crippen LogP contribution >= 0.6 is 0 Å². The molecule has 0 aromatic heterocycles. The highest BCUT2D eigenvalue weighted by molar-refractivity contribution is 5.56. The number of fused-ring (bicyclic) bond motifs is 1. The zero-order valence-corrected chi connectivity index (χ0v) is 12.3. The number of rotatable bonds is 3. The lowest BCUT2D eigenvalue weighted by Crippen LogP contribution is -2.47. The van der Waals surface area contributed by atoms with E-state index in [1.54, 1.807) is 0 Å². The predicted molar refractivity (Wildman–Crippen MR) is 81.1 cm³/mol. The molecule has 0 bridgehead atoms. The maximum absolute atomic E-state index is 9.90. The number of anilines is 1. The SMILES string of the molecule is CC1Cc2ccccc2N(CC2(CO)CCOCC2)C1. The molecule has 1 saturated heterocycles. The number of nitrogens with zero attached hydrogens (tertiary/aromatic N) is 1. The monoisotopic (exact) mass is 275 g/mol. The van der Waals surface area contributed by atoms with Crippen molar-refractivity contribution in [3.05, 3.63) is 29.8 Å². The summed E-state index contributed by atoms with van der Waals surface area (Å²) >= 11 is 0. The smallest absolute Gasteiger partial charge is 0.0506 e. The summed E-state index contributed by atoms with van der Waals surface area (Å²) in [4.78, 5) is 2.49. The Kier molecular flexibility index (Phi) is 3.99. The number of hydrogen-bond acceptors (Lipinski definition) is 3. The van der Waals surface area contributed by atoms with E-state index >= 15 is 0 Å². The number of aliphatic hydroxyl groups excluding tert-OH is 1. The summed E-state index contributed by atoms with van der Waals surface area (Å²) in [5, 5.41) is 9.90. The molecule has 1 unspecified atom stereocenters. The van der Waals surface area contributed by atoms with Gasteiger partial charge in [-0.15, -0.1) is 0 Å². The maximum atomic E-state index is 9.90. The van der Waals surface area contributed by atoms with E-state index in [0.29, 0.717) is 5.92 Å². The summed E-state index contributed by atoms with van der Waals surface area (Å²) in [7, 11) is 0. The van der Waals surface area contributed by atoms with Crippen molar-refractivity contribution in [3.63, 3.8) is 0 Å². The zero-order chi connectivity index (χ0) is 14.0. The van der Waals surface area contributed by atoms with Crippen molar-refractivity contribution in [2.24, 2.45) is 11.3 Å². The van der Waals surface area contributed by atoms with Crippen LogP contribution in [0.4, 0.5) is 5.69 Å². The molecule has 2 heterocycles. The Morgan fingerprint density at radius 2 is 2.05 bits per heavy atom. The molecule has 0 amide bonds. The third kappa shape index (κ3) is 2.70. The van der Waals surface area contributed by atoms with Gasteiger partial charge in [0, 0.05) is 37.4 Å². The van der Waals surface area contributed by atoms with Gasteiger partial charge in [-0.05, 0) is 36.8 Å². The van der Waals surface area contributed by atoms with E-state index in [1.165, 1.54) is 17.7 Å².